The SMILES string of the molecule is CCCC(=O)[C@@H]1C2C[C@@H](C[C@@]23CCC2(CC4C[C@@H]2[C@H](C(=O)CO)[C@@H]4C(=O)CC)C3=O)[C@@H]1C(=O)O.[Y].[Y].[Y].[Y]. The largest absolute Gasteiger partial charge is 0.481 e. The number of rotatable bonds is 8. The van der Waals surface area contributed by atoms with Gasteiger partial charge in [0.15, 0.2) is 5.78 Å². The summed E-state index contributed by atoms with van der Waals surface area (Å²) in [5.41, 5.74) is -1.35. The zero-order valence-corrected chi connectivity index (χ0v) is 33.8. The standard InChI is InChI=1S/C27H36O7.4Y/c1-3-5-18(30)22-15-9-14(21(22)24(32)33)11-27(15)7-6-26(25(27)34)10-13-8-16(26)23(19(31)12-28)20(13)17(29)4-2;;;;/h13-16,20-23,28H,3-12H2,1-2H3,(H,32,33);;;;/t13?,14-,15?,16+,20-,21-,22-,23+,26?,27-;;;;/m0..../s1. The molecule has 5 aliphatic carbocycles. The van der Waals surface area contributed by atoms with Gasteiger partial charge in [0.1, 0.15) is 24.0 Å². The van der Waals surface area contributed by atoms with E-state index in [0.29, 0.717) is 57.8 Å². The summed E-state index contributed by atoms with van der Waals surface area (Å²) in [6.45, 7) is 3.09. The molecule has 5 saturated carbocycles. The zero-order chi connectivity index (χ0) is 24.6. The van der Waals surface area contributed by atoms with Gasteiger partial charge < -0.3 is 10.2 Å². The van der Waals surface area contributed by atoms with Gasteiger partial charge in [0.05, 0.1) is 5.92 Å². The maximum atomic E-state index is 14.4. The van der Waals surface area contributed by atoms with Crippen molar-refractivity contribution in [2.24, 2.45) is 58.2 Å². The molecule has 10 atom stereocenters. The van der Waals surface area contributed by atoms with Crippen molar-refractivity contribution in [1.82, 2.24) is 0 Å². The summed E-state index contributed by atoms with van der Waals surface area (Å²) >= 11 is 0. The minimum absolute atomic E-state index is 0. The molecule has 198 valence electrons. The predicted molar refractivity (Wildman–Crippen MR) is 120 cm³/mol. The Morgan fingerprint density at radius 1 is 0.763 bits per heavy atom. The van der Waals surface area contributed by atoms with Crippen molar-refractivity contribution in [2.45, 2.75) is 71.6 Å². The van der Waals surface area contributed by atoms with Crippen LogP contribution in [0.2, 0.25) is 0 Å². The number of hydrogen-bond acceptors (Lipinski definition) is 6. The number of carboxylic acids is 1. The van der Waals surface area contributed by atoms with Crippen molar-refractivity contribution in [3.63, 3.8) is 0 Å². The normalized spacial score (nSPS) is 41.3. The molecule has 2 spiro atoms. The summed E-state index contributed by atoms with van der Waals surface area (Å²) in [6, 6.07) is 0. The number of Topliss-reactive ketones (excluding diaryl/α,β-unsaturated/α-hetero) is 4. The van der Waals surface area contributed by atoms with E-state index in [-0.39, 0.29) is 178 Å². The summed E-state index contributed by atoms with van der Waals surface area (Å²) < 4.78 is 0. The van der Waals surface area contributed by atoms with Gasteiger partial charge in [-0.25, -0.2) is 0 Å². The number of aliphatic hydroxyl groups is 1. The van der Waals surface area contributed by atoms with Crippen molar-refractivity contribution >= 4 is 29.1 Å². The van der Waals surface area contributed by atoms with Crippen LogP contribution in [0.1, 0.15) is 71.6 Å². The van der Waals surface area contributed by atoms with E-state index in [1.807, 2.05) is 6.92 Å². The number of carbonyl (C=O) groups is 5. The first-order chi connectivity index (χ1) is 16.2. The molecule has 0 aromatic carbocycles. The molecule has 5 fully saturated rings. The van der Waals surface area contributed by atoms with Crippen molar-refractivity contribution in [3.05, 3.63) is 0 Å². The first kappa shape index (κ1) is 38.6. The fourth-order valence-corrected chi connectivity index (χ4v) is 9.81. The molecule has 0 aliphatic heterocycles. The molecule has 2 N–H and O–H groups in total. The Hall–Kier alpha value is 2.53. The van der Waals surface area contributed by atoms with E-state index >= 15 is 0 Å². The van der Waals surface area contributed by atoms with E-state index in [9.17, 15) is 34.2 Å². The third-order valence-corrected chi connectivity index (χ3v) is 10.8. The fraction of sp³-hybridized carbons (Fsp3) is 0.815. The summed E-state index contributed by atoms with van der Waals surface area (Å²) in [5.74, 6) is -4.04. The first-order valence-corrected chi connectivity index (χ1v) is 13.1. The molecular weight excluding hydrogens is 792 g/mol. The molecular formula is C27H36O7Y4. The number of fused-ring (bicyclic) bond motifs is 6. The molecule has 7 nitrogen and oxygen atoms in total. The van der Waals surface area contributed by atoms with Gasteiger partial charge in [0.25, 0.3) is 0 Å². The van der Waals surface area contributed by atoms with E-state index < -0.39 is 47.1 Å². The Morgan fingerprint density at radius 3 is 1.66 bits per heavy atom. The fourth-order valence-electron chi connectivity index (χ4n) is 9.81. The van der Waals surface area contributed by atoms with Crippen molar-refractivity contribution in [2.75, 3.05) is 6.61 Å². The van der Waals surface area contributed by atoms with Crippen molar-refractivity contribution in [3.8, 4) is 0 Å². The van der Waals surface area contributed by atoms with E-state index in [1.54, 1.807) is 6.92 Å². The molecule has 4 radical (unpaired) electrons. The molecule has 0 amide bonds. The van der Waals surface area contributed by atoms with Crippen molar-refractivity contribution in [1.29, 1.82) is 0 Å². The van der Waals surface area contributed by atoms with Crippen LogP contribution >= 0.6 is 0 Å². The summed E-state index contributed by atoms with van der Waals surface area (Å²) in [4.78, 5) is 65.2. The van der Waals surface area contributed by atoms with Gasteiger partial charge >= 0.3 is 5.97 Å². The van der Waals surface area contributed by atoms with Gasteiger partial charge in [-0.1, -0.05) is 13.8 Å². The van der Waals surface area contributed by atoms with Crippen LogP contribution in [0.5, 0.6) is 0 Å². The molecule has 11 heteroatoms. The molecule has 0 heterocycles. The molecule has 5 aliphatic rings. The third kappa shape index (κ3) is 5.59. The maximum absolute atomic E-state index is 14.4. The van der Waals surface area contributed by atoms with Gasteiger partial charge in [-0.15, -0.1) is 0 Å². The Labute approximate surface area is 325 Å². The topological polar surface area (TPSA) is 126 Å². The third-order valence-electron chi connectivity index (χ3n) is 10.8. The number of carboxylic acid groups (broad SMARTS) is 1. The molecule has 3 unspecified atom stereocenters. The second kappa shape index (κ2) is 14.5. The smallest absolute Gasteiger partial charge is 0.307 e. The van der Waals surface area contributed by atoms with Crippen LogP contribution in [-0.4, -0.2) is 45.9 Å². The maximum Gasteiger partial charge on any atom is 0.307 e. The Kier molecular flexibility index (Phi) is 14.7. The molecule has 5 rings (SSSR count). The van der Waals surface area contributed by atoms with Crippen LogP contribution in [0, 0.1) is 58.2 Å². The van der Waals surface area contributed by atoms with Gasteiger partial charge in [-0.3, -0.25) is 24.0 Å². The summed E-state index contributed by atoms with van der Waals surface area (Å²) in [6.07, 6.45) is 5.04. The van der Waals surface area contributed by atoms with Gasteiger partial charge in [-0.2, -0.15) is 0 Å². The minimum atomic E-state index is -0.925. The second-order valence-corrected chi connectivity index (χ2v) is 11.9. The summed E-state index contributed by atoms with van der Waals surface area (Å²) in [5, 5.41) is 19.6. The quantitative estimate of drug-likeness (QED) is 0.386. The zero-order valence-electron chi connectivity index (χ0n) is 22.4. The average molecular weight is 828 g/mol. The summed E-state index contributed by atoms with van der Waals surface area (Å²) in [7, 11) is 0. The molecule has 4 bridgehead atoms. The molecule has 0 aromatic heterocycles. The average Bonchev–Trinajstić information content (AvgIpc) is 3.60. The second-order valence-electron chi connectivity index (χ2n) is 11.9. The number of aliphatic hydroxyl groups excluding tert-OH is 1. The van der Waals surface area contributed by atoms with Gasteiger partial charge in [-0.05, 0) is 68.6 Å². The Morgan fingerprint density at radius 2 is 1.24 bits per heavy atom. The van der Waals surface area contributed by atoms with Crippen LogP contribution in [-0.2, 0) is 155 Å². The van der Waals surface area contributed by atoms with Crippen LogP contribution in [0.15, 0.2) is 0 Å². The van der Waals surface area contributed by atoms with E-state index in [2.05, 4.69) is 0 Å². The first-order valence-electron chi connectivity index (χ1n) is 13.1. The van der Waals surface area contributed by atoms with E-state index in [0.717, 1.165) is 0 Å². The molecule has 0 aromatic rings. The number of carbonyl (C=O) groups excluding carboxylic acids is 4. The monoisotopic (exact) mass is 828 g/mol. The molecule has 0 saturated heterocycles. The number of ketones is 4. The number of aliphatic carboxylic acids is 1. The van der Waals surface area contributed by atoms with Crippen LogP contribution < -0.4 is 0 Å². The van der Waals surface area contributed by atoms with Gasteiger partial charge in [0, 0.05) is 172 Å². The van der Waals surface area contributed by atoms with Crippen molar-refractivity contribution < 1.29 is 165 Å². The van der Waals surface area contributed by atoms with Gasteiger partial charge in [0.2, 0.25) is 0 Å². The molecule has 38 heavy (non-hydrogen) atoms. The Balaban J connectivity index is 0.00000180. The predicted octanol–water partition coefficient (Wildman–Crippen LogP) is 2.85. The van der Waals surface area contributed by atoms with Crippen LogP contribution in [0.4, 0.5) is 0 Å². The van der Waals surface area contributed by atoms with Crippen LogP contribution in [0.3, 0.4) is 0 Å². The van der Waals surface area contributed by atoms with E-state index in [4.69, 9.17) is 0 Å². The number of hydrogen-bond donors (Lipinski definition) is 2. The van der Waals surface area contributed by atoms with Crippen LogP contribution in [0.25, 0.3) is 0 Å². The Bertz CT molecular complexity index is 959. The van der Waals surface area contributed by atoms with E-state index in [1.165, 1.54) is 0 Å². The minimum Gasteiger partial charge on any atom is -0.481 e.